The lowest BCUT2D eigenvalue weighted by Gasteiger charge is -2.34. The molecule has 8 rings (SSSR count). The van der Waals surface area contributed by atoms with E-state index in [-0.39, 0.29) is 64.6 Å². The second kappa shape index (κ2) is 18.4. The van der Waals surface area contributed by atoms with E-state index in [1.165, 1.54) is 63.1 Å². The molecule has 2 bridgehead atoms. The smallest absolute Gasteiger partial charge is 0.319 e. The van der Waals surface area contributed by atoms with Gasteiger partial charge < -0.3 is 19.7 Å². The van der Waals surface area contributed by atoms with Crippen LogP contribution in [0.2, 0.25) is 0 Å². The highest BCUT2D eigenvalue weighted by Gasteiger charge is 2.49. The van der Waals surface area contributed by atoms with Gasteiger partial charge in [-0.2, -0.15) is 9.97 Å². The van der Waals surface area contributed by atoms with Crippen LogP contribution in [0.5, 0.6) is 11.8 Å². The molecule has 4 saturated heterocycles. The zero-order chi connectivity index (χ0) is 40.9. The van der Waals surface area contributed by atoms with Gasteiger partial charge in [-0.3, -0.25) is 14.7 Å². The van der Waals surface area contributed by atoms with Crippen LogP contribution in [0.15, 0.2) is 30.5 Å². The summed E-state index contributed by atoms with van der Waals surface area (Å²) in [5, 5.41) is 4.79. The summed E-state index contributed by atoms with van der Waals surface area (Å²) in [6, 6.07) is 6.47. The van der Waals surface area contributed by atoms with Gasteiger partial charge in [0.05, 0.1) is 16.5 Å². The summed E-state index contributed by atoms with van der Waals surface area (Å²) in [7, 11) is 0. The number of ether oxygens (including phenoxy) is 2. The summed E-state index contributed by atoms with van der Waals surface area (Å²) in [6.07, 6.45) is 23.8. The number of halogens is 3. The SMILES string of the molecule is C#Cc1c(F)ccc2cc(OC(=O)CCCCCCCCCCCCC)cc(-c3ncc4c(N5CC6CCC(C5)N6)nc(OC[C@@]56CCCN5C[C@H](F)C6)nc4c3F)c12. The number of terminal acetylenes is 1. The van der Waals surface area contributed by atoms with Gasteiger partial charge in [0.25, 0.3) is 0 Å². The summed E-state index contributed by atoms with van der Waals surface area (Å²) in [6.45, 7) is 4.96. The van der Waals surface area contributed by atoms with Gasteiger partial charge in [-0.25, -0.2) is 13.2 Å². The number of pyridine rings is 1. The second-order valence-corrected chi connectivity index (χ2v) is 17.3. The van der Waals surface area contributed by atoms with E-state index in [9.17, 15) is 9.18 Å². The number of esters is 1. The van der Waals surface area contributed by atoms with Crippen LogP contribution in [0.25, 0.3) is 32.9 Å². The van der Waals surface area contributed by atoms with Gasteiger partial charge in [-0.05, 0) is 62.2 Å². The van der Waals surface area contributed by atoms with Gasteiger partial charge in [0.15, 0.2) is 5.82 Å². The van der Waals surface area contributed by atoms with Gasteiger partial charge in [0, 0.05) is 61.7 Å². The molecular formula is C47H57F3N6O3. The van der Waals surface area contributed by atoms with E-state index in [0.29, 0.717) is 49.1 Å². The Hall–Kier alpha value is -4.47. The molecule has 0 spiro atoms. The number of unbranched alkanes of at least 4 members (excludes halogenated alkanes) is 10. The second-order valence-electron chi connectivity index (χ2n) is 17.3. The minimum Gasteiger partial charge on any atom is -0.461 e. The van der Waals surface area contributed by atoms with E-state index in [0.717, 1.165) is 51.5 Å². The van der Waals surface area contributed by atoms with Crippen molar-refractivity contribution in [3.8, 4) is 35.4 Å². The maximum absolute atomic E-state index is 17.3. The van der Waals surface area contributed by atoms with Crippen molar-refractivity contribution in [2.45, 2.75) is 140 Å². The summed E-state index contributed by atoms with van der Waals surface area (Å²) >= 11 is 0. The highest BCUT2D eigenvalue weighted by Crippen LogP contribution is 2.42. The molecule has 12 heteroatoms. The van der Waals surface area contributed by atoms with Gasteiger partial charge >= 0.3 is 12.0 Å². The third kappa shape index (κ3) is 9.02. The lowest BCUT2D eigenvalue weighted by atomic mass is 9.95. The number of piperazine rings is 1. The van der Waals surface area contributed by atoms with Crippen LogP contribution in [-0.2, 0) is 4.79 Å². The Bertz CT molecular complexity index is 2180. The number of alkyl halides is 1. The lowest BCUT2D eigenvalue weighted by Crippen LogP contribution is -2.51. The number of nitrogens with one attached hydrogen (secondary N) is 1. The van der Waals surface area contributed by atoms with E-state index in [4.69, 9.17) is 20.9 Å². The van der Waals surface area contributed by atoms with Crippen molar-refractivity contribution in [3.05, 3.63) is 47.7 Å². The monoisotopic (exact) mass is 810 g/mol. The highest BCUT2D eigenvalue weighted by atomic mass is 19.1. The average Bonchev–Trinajstić information content (AvgIpc) is 3.88. The summed E-state index contributed by atoms with van der Waals surface area (Å²) in [5.41, 5.74) is -0.463. The molecule has 314 valence electrons. The van der Waals surface area contributed by atoms with Crippen molar-refractivity contribution in [1.29, 1.82) is 0 Å². The summed E-state index contributed by atoms with van der Waals surface area (Å²) in [4.78, 5) is 31.6. The molecule has 0 amide bonds. The fraction of sp³-hybridized carbons (Fsp3) is 0.574. The van der Waals surface area contributed by atoms with Crippen molar-refractivity contribution < 1.29 is 27.4 Å². The quantitative estimate of drug-likeness (QED) is 0.0457. The number of nitrogens with zero attached hydrogens (tertiary/aromatic N) is 5. The van der Waals surface area contributed by atoms with Gasteiger partial charge in [-0.15, -0.1) is 6.42 Å². The number of aromatic nitrogens is 3. The zero-order valence-electron chi connectivity index (χ0n) is 34.3. The summed E-state index contributed by atoms with van der Waals surface area (Å²) in [5.74, 6) is 1.34. The van der Waals surface area contributed by atoms with E-state index in [1.54, 1.807) is 12.3 Å². The van der Waals surface area contributed by atoms with E-state index in [2.05, 4.69) is 37.9 Å². The molecule has 0 saturated carbocycles. The Kier molecular flexibility index (Phi) is 12.9. The molecule has 2 aromatic heterocycles. The molecule has 4 atom stereocenters. The predicted octanol–water partition coefficient (Wildman–Crippen LogP) is 9.61. The average molecular weight is 811 g/mol. The third-order valence-corrected chi connectivity index (χ3v) is 13.0. The molecule has 0 radical (unpaired) electrons. The normalized spacial score (nSPS) is 22.6. The van der Waals surface area contributed by atoms with Crippen molar-refractivity contribution in [1.82, 2.24) is 25.2 Å². The van der Waals surface area contributed by atoms with Crippen LogP contribution in [0, 0.1) is 24.0 Å². The molecule has 1 N–H and O–H groups in total. The molecule has 4 aliphatic rings. The van der Waals surface area contributed by atoms with Crippen molar-refractivity contribution in [2.24, 2.45) is 0 Å². The molecule has 59 heavy (non-hydrogen) atoms. The molecule has 4 fully saturated rings. The van der Waals surface area contributed by atoms with Crippen molar-refractivity contribution >= 4 is 33.5 Å². The first-order valence-electron chi connectivity index (χ1n) is 22.1. The first-order chi connectivity index (χ1) is 28.7. The molecule has 9 nitrogen and oxygen atoms in total. The maximum atomic E-state index is 17.3. The standard InChI is InChI=1S/C47H57F3N6O3/c1-3-5-6-7-8-9-10-11-12-13-14-16-40(57)59-35-23-31-17-20-39(49)36(4-2)41(31)37(24-35)43-42(50)44-38(26-51-43)45(55-28-33-18-19-34(29-55)52-33)54-46(53-44)58-30-47-21-15-22-56(47)27-32(48)25-47/h2,17,20,23-24,26,32-34,52H,3,5-16,18-19,21-22,25,27-30H2,1H3/t32-,33?,34?,47+/m1/s1. The number of rotatable bonds is 18. The minimum absolute atomic E-state index is 0.00303. The number of anilines is 1. The molecule has 2 aromatic carbocycles. The van der Waals surface area contributed by atoms with Gasteiger partial charge in [-0.1, -0.05) is 83.1 Å². The third-order valence-electron chi connectivity index (χ3n) is 13.0. The largest absolute Gasteiger partial charge is 0.461 e. The summed E-state index contributed by atoms with van der Waals surface area (Å²) < 4.78 is 59.5. The molecule has 4 aromatic rings. The number of benzene rings is 2. The van der Waals surface area contributed by atoms with E-state index >= 15 is 8.78 Å². The molecule has 4 aliphatic heterocycles. The first kappa shape index (κ1) is 41.3. The predicted molar refractivity (Wildman–Crippen MR) is 226 cm³/mol. The number of hydrogen-bond donors (Lipinski definition) is 1. The Morgan fingerprint density at radius 3 is 2.44 bits per heavy atom. The molecule has 6 heterocycles. The lowest BCUT2D eigenvalue weighted by molar-refractivity contribution is -0.134. The number of hydrogen-bond acceptors (Lipinski definition) is 9. The van der Waals surface area contributed by atoms with Crippen molar-refractivity contribution in [3.63, 3.8) is 0 Å². The van der Waals surface area contributed by atoms with Gasteiger partial charge in [0.2, 0.25) is 0 Å². The fourth-order valence-corrected chi connectivity index (χ4v) is 10.0. The first-order valence-corrected chi connectivity index (χ1v) is 22.1. The Morgan fingerprint density at radius 1 is 0.983 bits per heavy atom. The fourth-order valence-electron chi connectivity index (χ4n) is 10.0. The van der Waals surface area contributed by atoms with Crippen LogP contribution >= 0.6 is 0 Å². The highest BCUT2D eigenvalue weighted by molar-refractivity contribution is 6.03. The Morgan fingerprint density at radius 2 is 1.71 bits per heavy atom. The maximum Gasteiger partial charge on any atom is 0.319 e. The van der Waals surface area contributed by atoms with E-state index in [1.807, 2.05) is 0 Å². The zero-order valence-corrected chi connectivity index (χ0v) is 34.3. The molecule has 0 aliphatic carbocycles. The van der Waals surface area contributed by atoms with Crippen LogP contribution < -0.4 is 19.7 Å². The van der Waals surface area contributed by atoms with Crippen molar-refractivity contribution in [2.75, 3.05) is 37.7 Å². The Labute approximate surface area is 345 Å². The minimum atomic E-state index is -0.929. The van der Waals surface area contributed by atoms with Gasteiger partial charge in [0.1, 0.15) is 41.4 Å². The molecular weight excluding hydrogens is 754 g/mol. The van der Waals surface area contributed by atoms with Crippen LogP contribution in [0.3, 0.4) is 0 Å². The van der Waals surface area contributed by atoms with Crippen LogP contribution in [0.1, 0.15) is 122 Å². The van der Waals surface area contributed by atoms with Crippen LogP contribution in [-0.4, -0.2) is 82.4 Å². The topological polar surface area (TPSA) is 92.7 Å². The van der Waals surface area contributed by atoms with E-state index < -0.39 is 29.3 Å². The number of fused-ring (bicyclic) bond motifs is 5. The van der Waals surface area contributed by atoms with Crippen LogP contribution in [0.4, 0.5) is 19.0 Å². The Balaban J connectivity index is 1.07. The number of carbonyl (C=O) groups excluding carboxylic acids is 1. The molecule has 2 unspecified atom stereocenters. The number of carbonyl (C=O) groups is 1.